The fourth-order valence-electron chi connectivity index (χ4n) is 1.71. The average molecular weight is 267 g/mol. The molecule has 0 unspecified atom stereocenters. The van der Waals surface area contributed by atoms with Gasteiger partial charge in [-0.1, -0.05) is 0 Å². The Hall–Kier alpha value is -1.82. The molecule has 0 saturated heterocycles. The van der Waals surface area contributed by atoms with E-state index in [-0.39, 0.29) is 11.9 Å². The minimum Gasteiger partial charge on any atom is -0.465 e. The second-order valence-corrected chi connectivity index (χ2v) is 4.74. The molecular formula is C12H13NO4S. The second-order valence-electron chi connectivity index (χ2n) is 3.69. The van der Waals surface area contributed by atoms with E-state index >= 15 is 0 Å². The van der Waals surface area contributed by atoms with Crippen molar-refractivity contribution in [1.82, 2.24) is 4.98 Å². The maximum atomic E-state index is 11.7. The molecule has 0 radical (unpaired) electrons. The summed E-state index contributed by atoms with van der Waals surface area (Å²) in [6.45, 7) is 3.91. The number of aromatic amines is 1. The molecule has 0 amide bonds. The summed E-state index contributed by atoms with van der Waals surface area (Å²) in [7, 11) is 1.34. The van der Waals surface area contributed by atoms with Gasteiger partial charge in [0.05, 0.1) is 13.7 Å². The Bertz CT molecular complexity index is 611. The zero-order chi connectivity index (χ0) is 13.3. The Morgan fingerprint density at radius 2 is 2.11 bits per heavy atom. The lowest BCUT2D eigenvalue weighted by molar-refractivity contribution is 0.0519. The summed E-state index contributed by atoms with van der Waals surface area (Å²) in [6.07, 6.45) is 0. The molecule has 2 aromatic heterocycles. The molecule has 0 aliphatic carbocycles. The molecule has 0 aliphatic rings. The van der Waals surface area contributed by atoms with Gasteiger partial charge >= 0.3 is 11.9 Å². The molecule has 0 aromatic carbocycles. The highest BCUT2D eigenvalue weighted by atomic mass is 32.1. The quantitative estimate of drug-likeness (QED) is 0.867. The largest absolute Gasteiger partial charge is 0.465 e. The number of aryl methyl sites for hydroxylation is 1. The van der Waals surface area contributed by atoms with E-state index in [1.807, 2.05) is 6.92 Å². The number of thiophene rings is 1. The van der Waals surface area contributed by atoms with Crippen molar-refractivity contribution >= 4 is 33.5 Å². The first-order valence-electron chi connectivity index (χ1n) is 5.46. The molecule has 0 bridgehead atoms. The standard InChI is InChI=1S/C12H13NO4S/c1-4-17-12(15)9-6(2)7-5-8(11(14)16-3)18-10(7)13-9/h5,13H,4H2,1-3H3. The van der Waals surface area contributed by atoms with Crippen LogP contribution in [-0.4, -0.2) is 30.6 Å². The zero-order valence-electron chi connectivity index (χ0n) is 10.3. The van der Waals surface area contributed by atoms with E-state index in [1.165, 1.54) is 18.4 Å². The first-order chi connectivity index (χ1) is 8.58. The first-order valence-corrected chi connectivity index (χ1v) is 6.27. The molecular weight excluding hydrogens is 254 g/mol. The van der Waals surface area contributed by atoms with Gasteiger partial charge in [-0.2, -0.15) is 0 Å². The van der Waals surface area contributed by atoms with Crippen LogP contribution in [0.4, 0.5) is 0 Å². The van der Waals surface area contributed by atoms with Crippen LogP contribution in [0.15, 0.2) is 6.07 Å². The summed E-state index contributed by atoms with van der Waals surface area (Å²) >= 11 is 1.26. The SMILES string of the molecule is CCOC(=O)c1[nH]c2sc(C(=O)OC)cc2c1C. The predicted octanol–water partition coefficient (Wildman–Crippen LogP) is 2.50. The lowest BCUT2D eigenvalue weighted by Crippen LogP contribution is -2.06. The van der Waals surface area contributed by atoms with Gasteiger partial charge in [0.25, 0.3) is 0 Å². The highest BCUT2D eigenvalue weighted by Crippen LogP contribution is 2.30. The first kappa shape index (κ1) is 12.6. The van der Waals surface area contributed by atoms with E-state index in [2.05, 4.69) is 9.72 Å². The molecule has 6 heteroatoms. The van der Waals surface area contributed by atoms with Gasteiger partial charge < -0.3 is 14.5 Å². The maximum Gasteiger partial charge on any atom is 0.355 e. The zero-order valence-corrected chi connectivity index (χ0v) is 11.1. The molecule has 2 heterocycles. The number of aromatic nitrogens is 1. The number of esters is 2. The monoisotopic (exact) mass is 267 g/mol. The van der Waals surface area contributed by atoms with Gasteiger partial charge in [0.1, 0.15) is 15.4 Å². The van der Waals surface area contributed by atoms with Crippen molar-refractivity contribution in [3.8, 4) is 0 Å². The number of carbonyl (C=O) groups excluding carboxylic acids is 2. The number of ether oxygens (including phenoxy) is 2. The van der Waals surface area contributed by atoms with Gasteiger partial charge in [0.15, 0.2) is 0 Å². The highest BCUT2D eigenvalue weighted by molar-refractivity contribution is 7.20. The summed E-state index contributed by atoms with van der Waals surface area (Å²) in [4.78, 5) is 27.3. The van der Waals surface area contributed by atoms with Gasteiger partial charge in [-0.25, -0.2) is 9.59 Å². The van der Waals surface area contributed by atoms with Gasteiger partial charge in [-0.3, -0.25) is 0 Å². The predicted molar refractivity (Wildman–Crippen MR) is 68.2 cm³/mol. The van der Waals surface area contributed by atoms with E-state index in [0.717, 1.165) is 15.8 Å². The topological polar surface area (TPSA) is 68.4 Å². The number of carbonyl (C=O) groups is 2. The van der Waals surface area contributed by atoms with Crippen LogP contribution in [0.3, 0.4) is 0 Å². The number of hydrogen-bond acceptors (Lipinski definition) is 5. The Kier molecular flexibility index (Phi) is 3.38. The minimum absolute atomic E-state index is 0.332. The van der Waals surface area contributed by atoms with Crippen LogP contribution in [0, 0.1) is 6.92 Å². The minimum atomic E-state index is -0.377. The lowest BCUT2D eigenvalue weighted by Gasteiger charge is -2.00. The van der Waals surface area contributed by atoms with Crippen molar-refractivity contribution in [2.45, 2.75) is 13.8 Å². The van der Waals surface area contributed by atoms with Crippen molar-refractivity contribution < 1.29 is 19.1 Å². The van der Waals surface area contributed by atoms with Crippen molar-refractivity contribution in [3.05, 3.63) is 22.2 Å². The van der Waals surface area contributed by atoms with Crippen LogP contribution >= 0.6 is 11.3 Å². The van der Waals surface area contributed by atoms with Crippen LogP contribution in [0.25, 0.3) is 10.2 Å². The van der Waals surface area contributed by atoms with E-state index in [4.69, 9.17) is 4.74 Å². The maximum absolute atomic E-state index is 11.7. The third kappa shape index (κ3) is 1.99. The van der Waals surface area contributed by atoms with Gasteiger partial charge in [0, 0.05) is 5.39 Å². The van der Waals surface area contributed by atoms with E-state index in [1.54, 1.807) is 13.0 Å². The summed E-state index contributed by atoms with van der Waals surface area (Å²) in [6, 6.07) is 1.72. The molecule has 0 fully saturated rings. The fourth-order valence-corrected chi connectivity index (χ4v) is 2.75. The molecule has 18 heavy (non-hydrogen) atoms. The molecule has 0 atom stereocenters. The summed E-state index contributed by atoms with van der Waals surface area (Å²) in [5.74, 6) is -0.750. The summed E-state index contributed by atoms with van der Waals surface area (Å²) < 4.78 is 9.61. The fraction of sp³-hybridized carbons (Fsp3) is 0.333. The molecule has 5 nitrogen and oxygen atoms in total. The summed E-state index contributed by atoms with van der Waals surface area (Å²) in [5, 5.41) is 0.850. The smallest absolute Gasteiger partial charge is 0.355 e. The Labute approximate surface area is 108 Å². The van der Waals surface area contributed by atoms with Crippen molar-refractivity contribution in [3.63, 3.8) is 0 Å². The molecule has 1 N–H and O–H groups in total. The van der Waals surface area contributed by atoms with E-state index < -0.39 is 0 Å². The second kappa shape index (κ2) is 4.81. The summed E-state index contributed by atoms with van der Waals surface area (Å²) in [5.41, 5.74) is 1.23. The number of rotatable bonds is 3. The normalized spacial score (nSPS) is 10.6. The molecule has 0 spiro atoms. The number of fused-ring (bicyclic) bond motifs is 1. The van der Waals surface area contributed by atoms with E-state index in [9.17, 15) is 9.59 Å². The average Bonchev–Trinajstić information content (AvgIpc) is 2.89. The number of methoxy groups -OCH3 is 1. The molecule has 96 valence electrons. The van der Waals surface area contributed by atoms with Crippen LogP contribution in [0.5, 0.6) is 0 Å². The Balaban J connectivity index is 2.44. The van der Waals surface area contributed by atoms with Crippen LogP contribution in [-0.2, 0) is 9.47 Å². The van der Waals surface area contributed by atoms with Crippen LogP contribution < -0.4 is 0 Å². The lowest BCUT2D eigenvalue weighted by atomic mass is 10.2. The molecule has 2 aromatic rings. The number of H-pyrrole nitrogens is 1. The van der Waals surface area contributed by atoms with Crippen molar-refractivity contribution in [2.75, 3.05) is 13.7 Å². The van der Waals surface area contributed by atoms with Gasteiger partial charge in [-0.05, 0) is 25.5 Å². The van der Waals surface area contributed by atoms with Crippen molar-refractivity contribution in [1.29, 1.82) is 0 Å². The van der Waals surface area contributed by atoms with Crippen LogP contribution in [0.1, 0.15) is 32.6 Å². The third-order valence-corrected chi connectivity index (χ3v) is 3.65. The van der Waals surface area contributed by atoms with Gasteiger partial charge in [0.2, 0.25) is 0 Å². The third-order valence-electron chi connectivity index (χ3n) is 2.62. The van der Waals surface area contributed by atoms with E-state index in [0.29, 0.717) is 17.2 Å². The molecule has 2 rings (SSSR count). The number of hydrogen-bond donors (Lipinski definition) is 1. The molecule has 0 aliphatic heterocycles. The highest BCUT2D eigenvalue weighted by Gasteiger charge is 2.19. The van der Waals surface area contributed by atoms with Crippen molar-refractivity contribution in [2.24, 2.45) is 0 Å². The Morgan fingerprint density at radius 3 is 2.67 bits per heavy atom. The molecule has 0 saturated carbocycles. The van der Waals surface area contributed by atoms with Gasteiger partial charge in [-0.15, -0.1) is 11.3 Å². The number of nitrogens with one attached hydrogen (secondary N) is 1. The van der Waals surface area contributed by atoms with Crippen LogP contribution in [0.2, 0.25) is 0 Å². The Morgan fingerprint density at radius 1 is 1.39 bits per heavy atom.